The van der Waals surface area contributed by atoms with Crippen LogP contribution in [-0.2, 0) is 36.1 Å². The highest BCUT2D eigenvalue weighted by molar-refractivity contribution is 6.00. The summed E-state index contributed by atoms with van der Waals surface area (Å²) in [7, 11) is 1.71. The van der Waals surface area contributed by atoms with Crippen molar-refractivity contribution in [2.24, 2.45) is 13.0 Å². The molecule has 1 aliphatic carbocycles. The molecule has 1 unspecified atom stereocenters. The van der Waals surface area contributed by atoms with Gasteiger partial charge in [0.15, 0.2) is 17.4 Å². The fourth-order valence-corrected chi connectivity index (χ4v) is 9.20. The van der Waals surface area contributed by atoms with Crippen molar-refractivity contribution in [1.82, 2.24) is 34.4 Å². The van der Waals surface area contributed by atoms with Gasteiger partial charge < -0.3 is 10.4 Å². The van der Waals surface area contributed by atoms with Crippen LogP contribution in [0, 0.1) is 23.4 Å². The summed E-state index contributed by atoms with van der Waals surface area (Å²) in [6, 6.07) is 19.0. The highest BCUT2D eigenvalue weighted by Gasteiger charge is 2.32. The summed E-state index contributed by atoms with van der Waals surface area (Å²) in [6.45, 7) is 2.90. The second-order valence-electron chi connectivity index (χ2n) is 16.4. The molecule has 3 aliphatic rings. The number of fused-ring (bicyclic) bond motifs is 3. The van der Waals surface area contributed by atoms with Gasteiger partial charge >= 0.3 is 5.69 Å². The highest BCUT2D eigenvalue weighted by atomic mass is 19.2. The van der Waals surface area contributed by atoms with Gasteiger partial charge in [0.25, 0.3) is 5.91 Å². The molecule has 0 bridgehead atoms. The summed E-state index contributed by atoms with van der Waals surface area (Å²) in [5.41, 5.74) is 7.30. The Balaban J connectivity index is 0.782. The number of benzene rings is 4. The van der Waals surface area contributed by atoms with Gasteiger partial charge in [-0.1, -0.05) is 30.3 Å². The molecule has 6 aromatic rings. The van der Waals surface area contributed by atoms with Crippen LogP contribution in [0.25, 0.3) is 33.1 Å². The van der Waals surface area contributed by atoms with Crippen molar-refractivity contribution in [3.63, 3.8) is 0 Å². The summed E-state index contributed by atoms with van der Waals surface area (Å²) in [5.74, 6) is -7.76. The quantitative estimate of drug-likeness (QED) is 0.105. The van der Waals surface area contributed by atoms with Crippen molar-refractivity contribution in [3.05, 3.63) is 117 Å². The number of carbonyl (C=O) groups is 3. The first-order valence-electron chi connectivity index (χ1n) is 20.4. The molecular formula is C45H44F3N7O5. The number of hydrogen-bond acceptors (Lipinski definition) is 7. The molecule has 0 radical (unpaired) electrons. The lowest BCUT2D eigenvalue weighted by atomic mass is 9.86. The van der Waals surface area contributed by atoms with E-state index in [0.29, 0.717) is 18.0 Å². The maximum Gasteiger partial charge on any atom is 0.329 e. The Morgan fingerprint density at radius 3 is 2.45 bits per heavy atom. The minimum absolute atomic E-state index is 0.120. The molecule has 3 N–H and O–H groups in total. The van der Waals surface area contributed by atoms with Crippen molar-refractivity contribution in [3.8, 4) is 16.9 Å². The Morgan fingerprint density at radius 1 is 0.883 bits per heavy atom. The fraction of sp³-hybridized carbons (Fsp3) is 0.356. The smallest absolute Gasteiger partial charge is 0.329 e. The lowest BCUT2D eigenvalue weighted by Crippen LogP contribution is -2.44. The molecule has 4 heterocycles. The van der Waals surface area contributed by atoms with Crippen LogP contribution in [0.5, 0.6) is 5.75 Å². The molecule has 2 aliphatic heterocycles. The van der Waals surface area contributed by atoms with Crippen LogP contribution in [0.4, 0.5) is 13.2 Å². The largest absolute Gasteiger partial charge is 0.503 e. The number of nitrogens with zero attached hydrogens (tertiary/aromatic N) is 5. The maximum absolute atomic E-state index is 14.2. The van der Waals surface area contributed by atoms with Crippen LogP contribution < -0.4 is 16.3 Å². The summed E-state index contributed by atoms with van der Waals surface area (Å²) in [4.78, 5) is 52.3. The van der Waals surface area contributed by atoms with Crippen molar-refractivity contribution >= 4 is 39.7 Å². The van der Waals surface area contributed by atoms with Crippen LogP contribution >= 0.6 is 0 Å². The third-order valence-electron chi connectivity index (χ3n) is 12.6. The molecule has 1 saturated heterocycles. The zero-order valence-corrected chi connectivity index (χ0v) is 33.0. The Labute approximate surface area is 342 Å². The second-order valence-corrected chi connectivity index (χ2v) is 16.4. The number of piperidine rings is 1. The number of aromatic nitrogens is 4. The number of phenols is 1. The van der Waals surface area contributed by atoms with Gasteiger partial charge in [0.05, 0.1) is 28.2 Å². The zero-order valence-electron chi connectivity index (χ0n) is 33.0. The SMILES string of the molecule is Cn1c(=O)n(C2CCC(=O)NC2=O)c2ccc(CCCN3Cc4ccc(-c5ccc6cn(C7CCC(CNC(=O)c8cc(F)c(O)c(F)c8F)CC7)nc6c5)cc4C3)cc21. The lowest BCUT2D eigenvalue weighted by molar-refractivity contribution is -0.135. The van der Waals surface area contributed by atoms with Gasteiger partial charge in [0.2, 0.25) is 17.6 Å². The van der Waals surface area contributed by atoms with Gasteiger partial charge in [-0.2, -0.15) is 9.49 Å². The van der Waals surface area contributed by atoms with Gasteiger partial charge in [0.1, 0.15) is 6.04 Å². The third-order valence-corrected chi connectivity index (χ3v) is 12.6. The van der Waals surface area contributed by atoms with E-state index < -0.39 is 46.6 Å². The molecule has 3 amide bonds. The highest BCUT2D eigenvalue weighted by Crippen LogP contribution is 2.35. The normalized spacial score (nSPS) is 19.6. The standard InChI is InChI=1S/C45H44F3N7O5/c1-52-38-17-25(6-13-36(38)55(45(52)60)37-14-15-39(56)50-44(37)59)3-2-16-53-22-29-9-7-27(18-31(29)23-53)28-8-10-30-24-54(51-35(30)19-28)32-11-4-26(5-12-32)21-49-43(58)33-20-34(46)42(57)41(48)40(33)47/h6-10,13,17-20,24,26,32,37,57H,2-5,11-12,14-16,21-23H2,1H3,(H,49,58)(H,50,56,59). The van der Waals surface area contributed by atoms with E-state index in [2.05, 4.69) is 58.1 Å². The van der Waals surface area contributed by atoms with Gasteiger partial charge in [-0.15, -0.1) is 0 Å². The molecule has 1 atom stereocenters. The van der Waals surface area contributed by atoms with Crippen molar-refractivity contribution in [2.45, 2.75) is 76.5 Å². The van der Waals surface area contributed by atoms with Crippen LogP contribution in [0.3, 0.4) is 0 Å². The molecule has 12 nitrogen and oxygen atoms in total. The number of amides is 3. The number of aromatic hydroxyl groups is 1. The summed E-state index contributed by atoms with van der Waals surface area (Å²) in [5, 5.41) is 20.2. The minimum atomic E-state index is -1.78. The van der Waals surface area contributed by atoms with E-state index in [1.165, 1.54) is 15.7 Å². The molecule has 15 heteroatoms. The fourth-order valence-electron chi connectivity index (χ4n) is 9.20. The van der Waals surface area contributed by atoms with Crippen molar-refractivity contribution in [1.29, 1.82) is 0 Å². The van der Waals surface area contributed by atoms with E-state index in [-0.39, 0.29) is 36.5 Å². The average Bonchev–Trinajstić information content (AvgIpc) is 3.93. The van der Waals surface area contributed by atoms with Gasteiger partial charge in [-0.25, -0.2) is 13.6 Å². The number of hydrogen-bond donors (Lipinski definition) is 3. The molecule has 310 valence electrons. The van der Waals surface area contributed by atoms with Crippen molar-refractivity contribution < 1.29 is 32.7 Å². The topological polar surface area (TPSA) is 143 Å². The number of imide groups is 1. The van der Waals surface area contributed by atoms with Crippen molar-refractivity contribution in [2.75, 3.05) is 13.1 Å². The average molecular weight is 820 g/mol. The number of nitrogens with one attached hydrogen (secondary N) is 2. The maximum atomic E-state index is 14.2. The Morgan fingerprint density at radius 2 is 1.65 bits per heavy atom. The van der Waals surface area contributed by atoms with E-state index in [0.717, 1.165) is 91.3 Å². The molecule has 1 saturated carbocycles. The monoisotopic (exact) mass is 819 g/mol. The summed E-state index contributed by atoms with van der Waals surface area (Å²) < 4.78 is 46.7. The Kier molecular flexibility index (Phi) is 10.3. The van der Waals surface area contributed by atoms with Gasteiger partial charge in [-0.3, -0.25) is 38.4 Å². The Bertz CT molecular complexity index is 2770. The molecule has 4 aromatic carbocycles. The van der Waals surface area contributed by atoms with E-state index in [1.807, 2.05) is 22.9 Å². The van der Waals surface area contributed by atoms with E-state index in [9.17, 15) is 37.5 Å². The molecule has 0 spiro atoms. The number of imidazole rings is 1. The predicted octanol–water partition coefficient (Wildman–Crippen LogP) is 6.57. The van der Waals surface area contributed by atoms with Gasteiger partial charge in [0, 0.05) is 44.7 Å². The second kappa shape index (κ2) is 15.8. The van der Waals surface area contributed by atoms with E-state index >= 15 is 0 Å². The number of halogens is 3. The summed E-state index contributed by atoms with van der Waals surface area (Å²) >= 11 is 0. The third kappa shape index (κ3) is 7.35. The zero-order chi connectivity index (χ0) is 41.8. The van der Waals surface area contributed by atoms with Gasteiger partial charge in [-0.05, 0) is 116 Å². The first kappa shape index (κ1) is 39.3. The van der Waals surface area contributed by atoms with Crippen LogP contribution in [0.15, 0.2) is 71.7 Å². The molecular weight excluding hydrogens is 776 g/mol. The lowest BCUT2D eigenvalue weighted by Gasteiger charge is -2.28. The predicted molar refractivity (Wildman–Crippen MR) is 218 cm³/mol. The van der Waals surface area contributed by atoms with Crippen LogP contribution in [0.2, 0.25) is 0 Å². The number of carbonyl (C=O) groups excluding carboxylic acids is 3. The first-order chi connectivity index (χ1) is 28.9. The number of aryl methyl sites for hydroxylation is 2. The van der Waals surface area contributed by atoms with Crippen LogP contribution in [0.1, 0.15) is 84.1 Å². The van der Waals surface area contributed by atoms with E-state index in [4.69, 9.17) is 5.10 Å². The molecule has 2 aromatic heterocycles. The summed E-state index contributed by atoms with van der Waals surface area (Å²) in [6.07, 6.45) is 7.61. The molecule has 60 heavy (non-hydrogen) atoms. The van der Waals surface area contributed by atoms with E-state index in [1.54, 1.807) is 11.6 Å². The molecule has 2 fully saturated rings. The Hall–Kier alpha value is -6.22. The van der Waals surface area contributed by atoms with Crippen LogP contribution in [-0.4, -0.2) is 59.7 Å². The molecule has 9 rings (SSSR count). The number of phenolic OH excluding ortho intramolecular Hbond substituents is 1. The first-order valence-corrected chi connectivity index (χ1v) is 20.4. The minimum Gasteiger partial charge on any atom is -0.503 e. The number of rotatable bonds is 10.